The van der Waals surface area contributed by atoms with Gasteiger partial charge in [-0.25, -0.2) is 0 Å². The van der Waals surface area contributed by atoms with E-state index < -0.39 is 0 Å². The third-order valence-corrected chi connectivity index (χ3v) is 4.53. The van der Waals surface area contributed by atoms with Crippen LogP contribution in [-0.2, 0) is 0 Å². The Morgan fingerprint density at radius 2 is 1.65 bits per heavy atom. The highest BCUT2D eigenvalue weighted by Crippen LogP contribution is 2.29. The van der Waals surface area contributed by atoms with E-state index >= 15 is 0 Å². The minimum absolute atomic E-state index is 0.794. The molecule has 1 aromatic carbocycles. The van der Waals surface area contributed by atoms with E-state index in [1.54, 1.807) is 0 Å². The number of nitrogens with one attached hydrogen (secondary N) is 1. The summed E-state index contributed by atoms with van der Waals surface area (Å²) in [6.07, 6.45) is 2.93. The summed E-state index contributed by atoms with van der Waals surface area (Å²) in [6, 6.07) is 7.94. The molecule has 0 spiro atoms. The van der Waals surface area contributed by atoms with E-state index in [4.69, 9.17) is 11.6 Å². The van der Waals surface area contributed by atoms with Gasteiger partial charge in [-0.15, -0.1) is 0 Å². The van der Waals surface area contributed by atoms with E-state index in [0.717, 1.165) is 29.7 Å². The zero-order valence-electron chi connectivity index (χ0n) is 12.0. The molecule has 4 heteroatoms. The molecule has 3 nitrogen and oxygen atoms in total. The fourth-order valence-corrected chi connectivity index (χ4v) is 2.91. The minimum Gasteiger partial charge on any atom is -0.384 e. The van der Waals surface area contributed by atoms with Crippen LogP contribution < -0.4 is 5.32 Å². The maximum Gasteiger partial charge on any atom is 0.0407 e. The number of anilines is 1. The number of halogens is 1. The van der Waals surface area contributed by atoms with E-state index in [-0.39, 0.29) is 0 Å². The summed E-state index contributed by atoms with van der Waals surface area (Å²) in [5.41, 5.74) is 1.15. The average Bonchev–Trinajstić information content (AvgIpc) is 3.27. The predicted molar refractivity (Wildman–Crippen MR) is 85.5 cm³/mol. The van der Waals surface area contributed by atoms with Crippen molar-refractivity contribution in [2.45, 2.75) is 12.8 Å². The number of nitrogens with zero attached hydrogens (tertiary/aromatic N) is 2. The maximum atomic E-state index is 5.88. The molecule has 1 saturated heterocycles. The average molecular weight is 294 g/mol. The van der Waals surface area contributed by atoms with Crippen molar-refractivity contribution >= 4 is 17.3 Å². The third-order valence-electron chi connectivity index (χ3n) is 4.28. The lowest BCUT2D eigenvalue weighted by molar-refractivity contribution is 0.132. The Labute approximate surface area is 126 Å². The Kier molecular flexibility index (Phi) is 4.81. The van der Waals surface area contributed by atoms with Crippen molar-refractivity contribution in [1.82, 2.24) is 9.80 Å². The Morgan fingerprint density at radius 1 is 1.00 bits per heavy atom. The highest BCUT2D eigenvalue weighted by molar-refractivity contribution is 6.30. The zero-order valence-corrected chi connectivity index (χ0v) is 12.8. The number of benzene rings is 1. The third kappa shape index (κ3) is 4.37. The molecule has 110 valence electrons. The van der Waals surface area contributed by atoms with Gasteiger partial charge in [0.2, 0.25) is 0 Å². The molecule has 1 saturated carbocycles. The van der Waals surface area contributed by atoms with Crippen LogP contribution in [0.1, 0.15) is 12.8 Å². The summed E-state index contributed by atoms with van der Waals surface area (Å²) in [5, 5.41) is 4.25. The van der Waals surface area contributed by atoms with Gasteiger partial charge in [-0.3, -0.25) is 4.90 Å². The lowest BCUT2D eigenvalue weighted by Gasteiger charge is -2.34. The summed E-state index contributed by atoms with van der Waals surface area (Å²) in [5.74, 6) is 1.02. The summed E-state index contributed by atoms with van der Waals surface area (Å²) in [6.45, 7) is 8.40. The van der Waals surface area contributed by atoms with Gasteiger partial charge < -0.3 is 10.2 Å². The van der Waals surface area contributed by atoms with Crippen molar-refractivity contribution in [2.75, 3.05) is 51.1 Å². The van der Waals surface area contributed by atoms with Crippen LogP contribution in [0.5, 0.6) is 0 Å². The van der Waals surface area contributed by atoms with Crippen LogP contribution in [0.3, 0.4) is 0 Å². The molecule has 0 aromatic heterocycles. The highest BCUT2D eigenvalue weighted by atomic mass is 35.5. The molecular weight excluding hydrogens is 270 g/mol. The highest BCUT2D eigenvalue weighted by Gasteiger charge is 2.26. The lowest BCUT2D eigenvalue weighted by atomic mass is 10.2. The summed E-state index contributed by atoms with van der Waals surface area (Å²) >= 11 is 5.88. The van der Waals surface area contributed by atoms with Gasteiger partial charge in [-0.1, -0.05) is 11.6 Å². The van der Waals surface area contributed by atoms with Crippen LogP contribution in [-0.4, -0.2) is 55.6 Å². The van der Waals surface area contributed by atoms with E-state index in [9.17, 15) is 0 Å². The molecule has 0 radical (unpaired) electrons. The second-order valence-electron chi connectivity index (χ2n) is 6.02. The van der Waals surface area contributed by atoms with Gasteiger partial charge in [0.25, 0.3) is 0 Å². The molecule has 1 aromatic rings. The van der Waals surface area contributed by atoms with Crippen LogP contribution in [0.4, 0.5) is 5.69 Å². The normalized spacial score (nSPS) is 21.1. The van der Waals surface area contributed by atoms with Gasteiger partial charge in [0.15, 0.2) is 0 Å². The Hall–Kier alpha value is -0.770. The van der Waals surface area contributed by atoms with Crippen LogP contribution >= 0.6 is 11.6 Å². The molecule has 1 N–H and O–H groups in total. The predicted octanol–water partition coefficient (Wildman–Crippen LogP) is 2.78. The van der Waals surface area contributed by atoms with E-state index in [1.165, 1.54) is 45.6 Å². The van der Waals surface area contributed by atoms with E-state index in [2.05, 4.69) is 15.1 Å². The van der Waals surface area contributed by atoms with Crippen molar-refractivity contribution in [3.05, 3.63) is 29.3 Å². The van der Waals surface area contributed by atoms with Crippen molar-refractivity contribution in [3.63, 3.8) is 0 Å². The summed E-state index contributed by atoms with van der Waals surface area (Å²) in [4.78, 5) is 5.20. The molecule has 1 heterocycles. The van der Waals surface area contributed by atoms with Crippen molar-refractivity contribution in [2.24, 2.45) is 5.92 Å². The smallest absolute Gasteiger partial charge is 0.0407 e. The first kappa shape index (κ1) is 14.2. The summed E-state index contributed by atoms with van der Waals surface area (Å²) in [7, 11) is 0. The van der Waals surface area contributed by atoms with Gasteiger partial charge in [0.1, 0.15) is 0 Å². The molecule has 1 aliphatic carbocycles. The Morgan fingerprint density at radius 3 is 2.30 bits per heavy atom. The van der Waals surface area contributed by atoms with Crippen LogP contribution in [0.2, 0.25) is 5.02 Å². The minimum atomic E-state index is 0.794. The van der Waals surface area contributed by atoms with E-state index in [0.29, 0.717) is 0 Å². The number of piperazine rings is 1. The molecule has 0 bridgehead atoms. The molecule has 3 rings (SSSR count). The number of hydrogen-bond donors (Lipinski definition) is 1. The second kappa shape index (κ2) is 6.79. The van der Waals surface area contributed by atoms with Crippen molar-refractivity contribution in [1.29, 1.82) is 0 Å². The topological polar surface area (TPSA) is 18.5 Å². The first-order valence-electron chi connectivity index (χ1n) is 7.74. The van der Waals surface area contributed by atoms with Crippen LogP contribution in [0.25, 0.3) is 0 Å². The fourth-order valence-electron chi connectivity index (χ4n) is 2.79. The first-order valence-corrected chi connectivity index (χ1v) is 8.11. The molecule has 20 heavy (non-hydrogen) atoms. The lowest BCUT2D eigenvalue weighted by Crippen LogP contribution is -2.48. The van der Waals surface area contributed by atoms with Crippen molar-refractivity contribution in [3.8, 4) is 0 Å². The Bertz CT molecular complexity index is 408. The molecule has 0 amide bonds. The van der Waals surface area contributed by atoms with Gasteiger partial charge in [-0.2, -0.15) is 0 Å². The zero-order chi connectivity index (χ0) is 13.8. The SMILES string of the molecule is Clc1ccc(NCCN2CCN(CC3CC3)CC2)cc1. The van der Waals surface area contributed by atoms with Crippen LogP contribution in [0, 0.1) is 5.92 Å². The molecule has 2 fully saturated rings. The van der Waals surface area contributed by atoms with Gasteiger partial charge in [0, 0.05) is 56.5 Å². The molecular formula is C16H24ClN3. The van der Waals surface area contributed by atoms with E-state index in [1.807, 2.05) is 24.3 Å². The standard InChI is InChI=1S/C16H24ClN3/c17-15-3-5-16(6-4-15)18-7-8-19-9-11-20(12-10-19)13-14-1-2-14/h3-6,14,18H,1-2,7-13H2. The number of rotatable bonds is 6. The quantitative estimate of drug-likeness (QED) is 0.870. The molecule has 2 aliphatic rings. The maximum absolute atomic E-state index is 5.88. The van der Waals surface area contributed by atoms with Crippen LogP contribution in [0.15, 0.2) is 24.3 Å². The largest absolute Gasteiger partial charge is 0.384 e. The first-order chi connectivity index (χ1) is 9.79. The molecule has 1 aliphatic heterocycles. The van der Waals surface area contributed by atoms with Gasteiger partial charge >= 0.3 is 0 Å². The summed E-state index contributed by atoms with van der Waals surface area (Å²) < 4.78 is 0. The molecule has 0 unspecified atom stereocenters. The molecule has 0 atom stereocenters. The monoisotopic (exact) mass is 293 g/mol. The second-order valence-corrected chi connectivity index (χ2v) is 6.46. The van der Waals surface area contributed by atoms with Gasteiger partial charge in [0.05, 0.1) is 0 Å². The Balaban J connectivity index is 1.32. The van der Waals surface area contributed by atoms with Gasteiger partial charge in [-0.05, 0) is 43.0 Å². The fraction of sp³-hybridized carbons (Fsp3) is 0.625. The number of hydrogen-bond acceptors (Lipinski definition) is 3. The van der Waals surface area contributed by atoms with Crippen molar-refractivity contribution < 1.29 is 0 Å².